The highest BCUT2D eigenvalue weighted by atomic mass is 35.5. The molecule has 1 heterocycles. The molecule has 1 aliphatic rings. The summed E-state index contributed by atoms with van der Waals surface area (Å²) in [4.78, 5) is 12.2. The Morgan fingerprint density at radius 3 is 2.68 bits per heavy atom. The van der Waals surface area contributed by atoms with Crippen LogP contribution in [0.1, 0.15) is 31.1 Å². The van der Waals surface area contributed by atoms with E-state index >= 15 is 0 Å². The fourth-order valence-corrected chi connectivity index (χ4v) is 2.35. The zero-order chi connectivity index (χ0) is 16.3. The Balaban J connectivity index is 2.09. The second-order valence-corrected chi connectivity index (χ2v) is 6.38. The lowest BCUT2D eigenvalue weighted by molar-refractivity contribution is -0.169. The van der Waals surface area contributed by atoms with Gasteiger partial charge in [-0.2, -0.15) is 0 Å². The molecule has 7 heteroatoms. The average molecular weight is 344 g/mol. The molecule has 1 aliphatic heterocycles. The van der Waals surface area contributed by atoms with Crippen LogP contribution in [0.25, 0.3) is 0 Å². The van der Waals surface area contributed by atoms with Crippen LogP contribution in [0.4, 0.5) is 5.69 Å². The van der Waals surface area contributed by atoms with E-state index in [9.17, 15) is 4.79 Å². The smallest absolute Gasteiger partial charge is 0.340 e. The van der Waals surface area contributed by atoms with Gasteiger partial charge in [-0.1, -0.05) is 11.6 Å². The molecule has 120 valence electrons. The van der Waals surface area contributed by atoms with Crippen LogP contribution in [0.5, 0.6) is 0 Å². The van der Waals surface area contributed by atoms with Crippen molar-refractivity contribution in [1.82, 2.24) is 0 Å². The lowest BCUT2D eigenvalue weighted by atomic mass is 10.1. The molecule has 2 rings (SSSR count). The molecule has 5 nitrogen and oxygen atoms in total. The second-order valence-electron chi connectivity index (χ2n) is 5.61. The predicted molar refractivity (Wildman–Crippen MR) is 88.5 cm³/mol. The second kappa shape index (κ2) is 6.81. The molecule has 0 saturated carbocycles. The highest BCUT2D eigenvalue weighted by Gasteiger charge is 2.38. The van der Waals surface area contributed by atoms with E-state index < -0.39 is 11.6 Å². The summed E-state index contributed by atoms with van der Waals surface area (Å²) < 4.78 is 15.8. The van der Waals surface area contributed by atoms with Gasteiger partial charge in [-0.25, -0.2) is 4.79 Å². The summed E-state index contributed by atoms with van der Waals surface area (Å²) in [5.41, 5.74) is 0.295. The molecule has 1 N–H and O–H groups in total. The molecule has 1 aromatic rings. The van der Waals surface area contributed by atoms with E-state index in [-0.39, 0.29) is 16.8 Å². The SMILES string of the molecule is CC(C)OC(=S)Nc1ccc(Cl)c(C(=O)OC2(C)COC2)c1. The van der Waals surface area contributed by atoms with Crippen LogP contribution in [0.15, 0.2) is 18.2 Å². The largest absolute Gasteiger partial charge is 0.468 e. The van der Waals surface area contributed by atoms with Crippen LogP contribution >= 0.6 is 23.8 Å². The Bertz CT molecular complexity index is 587. The molecule has 0 radical (unpaired) electrons. The zero-order valence-electron chi connectivity index (χ0n) is 12.6. The standard InChI is InChI=1S/C15H18ClNO4S/c1-9(2)20-14(22)17-10-4-5-12(16)11(6-10)13(18)21-15(3)7-19-8-15/h4-6,9H,7-8H2,1-3H3,(H,17,22). The van der Waals surface area contributed by atoms with Crippen molar-refractivity contribution in [3.05, 3.63) is 28.8 Å². The van der Waals surface area contributed by atoms with E-state index in [2.05, 4.69) is 5.32 Å². The molecule has 1 aromatic carbocycles. The van der Waals surface area contributed by atoms with E-state index in [1.165, 1.54) is 0 Å². The third kappa shape index (κ3) is 4.32. The topological polar surface area (TPSA) is 56.8 Å². The molecular weight excluding hydrogens is 326 g/mol. The first-order valence-corrected chi connectivity index (χ1v) is 7.66. The quantitative estimate of drug-likeness (QED) is 0.668. The summed E-state index contributed by atoms with van der Waals surface area (Å²) in [6.07, 6.45) is -0.0321. The van der Waals surface area contributed by atoms with Gasteiger partial charge in [0.1, 0.15) is 0 Å². The number of thiocarbonyl (C=S) groups is 1. The van der Waals surface area contributed by atoms with Crippen LogP contribution in [0, 0.1) is 0 Å². The maximum absolute atomic E-state index is 12.2. The van der Waals surface area contributed by atoms with Crippen molar-refractivity contribution >= 4 is 40.7 Å². The molecular formula is C15H18ClNO4S. The minimum Gasteiger partial charge on any atom is -0.468 e. The lowest BCUT2D eigenvalue weighted by Gasteiger charge is -2.37. The molecule has 0 amide bonds. The van der Waals surface area contributed by atoms with E-state index in [0.29, 0.717) is 23.9 Å². The lowest BCUT2D eigenvalue weighted by Crippen LogP contribution is -2.50. The Morgan fingerprint density at radius 1 is 1.45 bits per heavy atom. The maximum Gasteiger partial charge on any atom is 0.340 e. The minimum absolute atomic E-state index is 0.0321. The third-order valence-electron chi connectivity index (χ3n) is 2.93. The van der Waals surface area contributed by atoms with Gasteiger partial charge in [0.15, 0.2) is 5.60 Å². The predicted octanol–water partition coefficient (Wildman–Crippen LogP) is 3.41. The maximum atomic E-state index is 12.2. The first-order chi connectivity index (χ1) is 10.3. The first-order valence-electron chi connectivity index (χ1n) is 6.87. The van der Waals surface area contributed by atoms with Gasteiger partial charge in [0, 0.05) is 5.69 Å². The number of anilines is 1. The number of hydrogen-bond donors (Lipinski definition) is 1. The normalized spacial score (nSPS) is 15.9. The van der Waals surface area contributed by atoms with Crippen molar-refractivity contribution < 1.29 is 19.0 Å². The Labute approximate surface area is 139 Å². The number of nitrogens with one attached hydrogen (secondary N) is 1. The van der Waals surface area contributed by atoms with Crippen molar-refractivity contribution in [2.24, 2.45) is 0 Å². The number of halogens is 1. The van der Waals surface area contributed by atoms with Gasteiger partial charge in [0.05, 0.1) is 29.9 Å². The summed E-state index contributed by atoms with van der Waals surface area (Å²) in [5.74, 6) is -0.491. The van der Waals surface area contributed by atoms with Crippen molar-refractivity contribution in [3.8, 4) is 0 Å². The molecule has 0 aliphatic carbocycles. The van der Waals surface area contributed by atoms with Gasteiger partial charge in [-0.3, -0.25) is 0 Å². The summed E-state index contributed by atoms with van der Waals surface area (Å²) >= 11 is 11.1. The number of carbonyl (C=O) groups excluding carboxylic acids is 1. The first kappa shape index (κ1) is 17.0. The highest BCUT2D eigenvalue weighted by Crippen LogP contribution is 2.26. The average Bonchev–Trinajstić information content (AvgIpc) is 2.38. The van der Waals surface area contributed by atoms with Crippen LogP contribution in [-0.4, -0.2) is 36.1 Å². The summed E-state index contributed by atoms with van der Waals surface area (Å²) in [6.45, 7) is 6.34. The number of esters is 1. The van der Waals surface area contributed by atoms with Crippen molar-refractivity contribution in [3.63, 3.8) is 0 Å². The van der Waals surface area contributed by atoms with E-state index in [1.807, 2.05) is 20.8 Å². The molecule has 0 bridgehead atoms. The van der Waals surface area contributed by atoms with Gasteiger partial charge in [-0.05, 0) is 51.2 Å². The summed E-state index contributed by atoms with van der Waals surface area (Å²) in [6, 6.07) is 4.91. The van der Waals surface area contributed by atoms with Gasteiger partial charge in [0.25, 0.3) is 5.17 Å². The Hall–Kier alpha value is -1.37. The molecule has 1 fully saturated rings. The number of rotatable bonds is 4. The number of benzene rings is 1. The highest BCUT2D eigenvalue weighted by molar-refractivity contribution is 7.80. The molecule has 0 spiro atoms. The van der Waals surface area contributed by atoms with Crippen LogP contribution in [0.3, 0.4) is 0 Å². The molecule has 0 atom stereocenters. The van der Waals surface area contributed by atoms with Crippen LogP contribution in [-0.2, 0) is 14.2 Å². The van der Waals surface area contributed by atoms with Crippen molar-refractivity contribution in [2.45, 2.75) is 32.5 Å². The van der Waals surface area contributed by atoms with Gasteiger partial charge < -0.3 is 19.5 Å². The molecule has 22 heavy (non-hydrogen) atoms. The third-order valence-corrected chi connectivity index (χ3v) is 3.46. The Morgan fingerprint density at radius 2 is 2.14 bits per heavy atom. The van der Waals surface area contributed by atoms with Gasteiger partial charge in [-0.15, -0.1) is 0 Å². The van der Waals surface area contributed by atoms with Crippen molar-refractivity contribution in [1.29, 1.82) is 0 Å². The molecule has 0 unspecified atom stereocenters. The summed E-state index contributed by atoms with van der Waals surface area (Å²) in [5, 5.41) is 3.45. The monoisotopic (exact) mass is 343 g/mol. The van der Waals surface area contributed by atoms with E-state index in [4.69, 9.17) is 38.0 Å². The van der Waals surface area contributed by atoms with Gasteiger partial charge in [0.2, 0.25) is 0 Å². The fraction of sp³-hybridized carbons (Fsp3) is 0.467. The van der Waals surface area contributed by atoms with E-state index in [0.717, 1.165) is 0 Å². The van der Waals surface area contributed by atoms with Crippen molar-refractivity contribution in [2.75, 3.05) is 18.5 Å². The van der Waals surface area contributed by atoms with Crippen LogP contribution < -0.4 is 5.32 Å². The van der Waals surface area contributed by atoms with E-state index in [1.54, 1.807) is 18.2 Å². The summed E-state index contributed by atoms with van der Waals surface area (Å²) in [7, 11) is 0. The number of carbonyl (C=O) groups is 1. The van der Waals surface area contributed by atoms with Gasteiger partial charge >= 0.3 is 5.97 Å². The minimum atomic E-state index is -0.583. The van der Waals surface area contributed by atoms with Crippen LogP contribution in [0.2, 0.25) is 5.02 Å². The number of ether oxygens (including phenoxy) is 3. The molecule has 1 saturated heterocycles. The molecule has 0 aromatic heterocycles. The fourth-order valence-electron chi connectivity index (χ4n) is 1.85. The zero-order valence-corrected chi connectivity index (χ0v) is 14.2. The Kier molecular flexibility index (Phi) is 5.26. The number of hydrogen-bond acceptors (Lipinski definition) is 5.